The highest BCUT2D eigenvalue weighted by Gasteiger charge is 2.32. The molecule has 3 rings (SSSR count). The van der Waals surface area contributed by atoms with Gasteiger partial charge in [0.05, 0.1) is 21.0 Å². The highest BCUT2D eigenvalue weighted by Crippen LogP contribution is 2.27. The number of halogens is 2. The van der Waals surface area contributed by atoms with Crippen LogP contribution in [0.15, 0.2) is 47.4 Å². The first-order chi connectivity index (χ1) is 13.7. The molecular formula is C20H23Cl2N3O3S. The topological polar surface area (TPSA) is 69.7 Å². The lowest BCUT2D eigenvalue weighted by molar-refractivity contribution is -0.121. The number of nitrogens with zero attached hydrogens (tertiary/aromatic N) is 2. The summed E-state index contributed by atoms with van der Waals surface area (Å²) in [4.78, 5) is 14.7. The Morgan fingerprint density at radius 1 is 1.03 bits per heavy atom. The van der Waals surface area contributed by atoms with Crippen LogP contribution in [0.3, 0.4) is 0 Å². The molecular weight excluding hydrogens is 433 g/mol. The van der Waals surface area contributed by atoms with E-state index in [0.29, 0.717) is 31.2 Å². The number of hydrogen-bond donors (Lipinski definition) is 1. The van der Waals surface area contributed by atoms with Crippen molar-refractivity contribution >= 4 is 44.8 Å². The number of aryl methyl sites for hydroxylation is 1. The van der Waals surface area contributed by atoms with Crippen LogP contribution in [0.2, 0.25) is 10.0 Å². The number of para-hydroxylation sites is 1. The molecule has 0 spiro atoms. The van der Waals surface area contributed by atoms with Crippen molar-refractivity contribution in [2.24, 2.45) is 0 Å². The van der Waals surface area contributed by atoms with Gasteiger partial charge in [0, 0.05) is 31.9 Å². The quantitative estimate of drug-likeness (QED) is 0.746. The molecule has 0 radical (unpaired) electrons. The number of benzene rings is 2. The van der Waals surface area contributed by atoms with Gasteiger partial charge in [0.25, 0.3) is 0 Å². The normalized spacial score (nSPS) is 17.1. The van der Waals surface area contributed by atoms with Crippen molar-refractivity contribution in [2.75, 3.05) is 31.5 Å². The van der Waals surface area contributed by atoms with Crippen molar-refractivity contribution in [3.63, 3.8) is 0 Å². The third-order valence-corrected chi connectivity index (χ3v) is 7.77. The molecule has 1 saturated heterocycles. The second kappa shape index (κ2) is 9.02. The molecule has 1 heterocycles. The zero-order valence-corrected chi connectivity index (χ0v) is 18.6. The minimum atomic E-state index is -3.66. The molecule has 2 aromatic carbocycles. The Morgan fingerprint density at radius 2 is 1.69 bits per heavy atom. The monoisotopic (exact) mass is 455 g/mol. The molecule has 0 bridgehead atoms. The lowest BCUT2D eigenvalue weighted by Crippen LogP contribution is -2.53. The van der Waals surface area contributed by atoms with Crippen molar-refractivity contribution in [1.29, 1.82) is 0 Å². The SMILES string of the molecule is Cc1ccccc1NC(=O)C(C)N1CCN(S(=O)(=O)c2ccc(Cl)c(Cl)c2)CC1. The van der Waals surface area contributed by atoms with Crippen molar-refractivity contribution in [1.82, 2.24) is 9.21 Å². The Kier molecular flexibility index (Phi) is 6.86. The molecule has 9 heteroatoms. The van der Waals surface area contributed by atoms with Gasteiger partial charge >= 0.3 is 0 Å². The third kappa shape index (κ3) is 4.92. The van der Waals surface area contributed by atoms with Gasteiger partial charge in [-0.3, -0.25) is 9.69 Å². The zero-order chi connectivity index (χ0) is 21.2. The van der Waals surface area contributed by atoms with Crippen molar-refractivity contribution in [2.45, 2.75) is 24.8 Å². The summed E-state index contributed by atoms with van der Waals surface area (Å²) in [5.41, 5.74) is 1.77. The largest absolute Gasteiger partial charge is 0.324 e. The van der Waals surface area contributed by atoms with Gasteiger partial charge in [-0.25, -0.2) is 8.42 Å². The Balaban J connectivity index is 1.62. The molecule has 6 nitrogen and oxygen atoms in total. The van der Waals surface area contributed by atoms with E-state index in [1.807, 2.05) is 43.0 Å². The predicted molar refractivity (Wildman–Crippen MR) is 116 cm³/mol. The summed E-state index contributed by atoms with van der Waals surface area (Å²) in [7, 11) is -3.66. The minimum absolute atomic E-state index is 0.111. The van der Waals surface area contributed by atoms with E-state index in [1.165, 1.54) is 22.5 Å². The number of carbonyl (C=O) groups is 1. The van der Waals surface area contributed by atoms with Gasteiger partial charge < -0.3 is 5.32 Å². The molecule has 1 N–H and O–H groups in total. The number of amides is 1. The van der Waals surface area contributed by atoms with Crippen LogP contribution in [0.4, 0.5) is 5.69 Å². The van der Waals surface area contributed by atoms with Gasteiger partial charge in [0.1, 0.15) is 0 Å². The van der Waals surface area contributed by atoms with E-state index in [0.717, 1.165) is 11.3 Å². The average Bonchev–Trinajstić information content (AvgIpc) is 2.71. The summed E-state index contributed by atoms with van der Waals surface area (Å²) < 4.78 is 27.1. The predicted octanol–water partition coefficient (Wildman–Crippen LogP) is 3.64. The van der Waals surface area contributed by atoms with Crippen molar-refractivity contribution in [3.05, 3.63) is 58.1 Å². The van der Waals surface area contributed by atoms with Crippen LogP contribution in [0.1, 0.15) is 12.5 Å². The van der Waals surface area contributed by atoms with Crippen LogP contribution in [0.5, 0.6) is 0 Å². The maximum Gasteiger partial charge on any atom is 0.243 e. The lowest BCUT2D eigenvalue weighted by Gasteiger charge is -2.36. The van der Waals surface area contributed by atoms with Crippen LogP contribution in [0.25, 0.3) is 0 Å². The van der Waals surface area contributed by atoms with Crippen molar-refractivity contribution < 1.29 is 13.2 Å². The van der Waals surface area contributed by atoms with Gasteiger partial charge in [0.2, 0.25) is 15.9 Å². The van der Waals surface area contributed by atoms with Crippen LogP contribution in [-0.4, -0.2) is 55.8 Å². The third-order valence-electron chi connectivity index (χ3n) is 5.13. The number of rotatable bonds is 5. The summed E-state index contributed by atoms with van der Waals surface area (Å²) in [5.74, 6) is -0.111. The van der Waals surface area contributed by atoms with E-state index in [2.05, 4.69) is 5.32 Å². The number of sulfonamides is 1. The fraction of sp³-hybridized carbons (Fsp3) is 0.350. The maximum atomic E-state index is 12.9. The van der Waals surface area contributed by atoms with E-state index in [9.17, 15) is 13.2 Å². The van der Waals surface area contributed by atoms with Crippen LogP contribution in [-0.2, 0) is 14.8 Å². The molecule has 1 fully saturated rings. The van der Waals surface area contributed by atoms with Gasteiger partial charge in [-0.05, 0) is 43.7 Å². The standard InChI is InChI=1S/C20H23Cl2N3O3S/c1-14-5-3-4-6-19(14)23-20(26)15(2)24-9-11-25(12-10-24)29(27,28)16-7-8-17(21)18(22)13-16/h3-8,13,15H,9-12H2,1-2H3,(H,23,26). The maximum absolute atomic E-state index is 12.9. The summed E-state index contributed by atoms with van der Waals surface area (Å²) in [5, 5.41) is 3.46. The molecule has 1 unspecified atom stereocenters. The highest BCUT2D eigenvalue weighted by molar-refractivity contribution is 7.89. The first-order valence-electron chi connectivity index (χ1n) is 9.26. The highest BCUT2D eigenvalue weighted by atomic mass is 35.5. The van der Waals surface area contributed by atoms with Crippen molar-refractivity contribution in [3.8, 4) is 0 Å². The fourth-order valence-corrected chi connectivity index (χ4v) is 5.05. The Hall–Kier alpha value is -1.64. The fourth-order valence-electron chi connectivity index (χ4n) is 3.23. The second-order valence-corrected chi connectivity index (χ2v) is 9.75. The molecule has 156 valence electrons. The van der Waals surface area contributed by atoms with E-state index < -0.39 is 10.0 Å². The average molecular weight is 456 g/mol. The molecule has 1 aliphatic heterocycles. The summed E-state index contributed by atoms with van der Waals surface area (Å²) in [6.45, 7) is 5.28. The number of hydrogen-bond acceptors (Lipinski definition) is 4. The smallest absolute Gasteiger partial charge is 0.243 e. The molecule has 29 heavy (non-hydrogen) atoms. The molecule has 0 aromatic heterocycles. The van der Waals surface area contributed by atoms with E-state index in [4.69, 9.17) is 23.2 Å². The van der Waals surface area contributed by atoms with Gasteiger partial charge in [-0.2, -0.15) is 4.31 Å². The molecule has 2 aromatic rings. The van der Waals surface area contributed by atoms with E-state index in [-0.39, 0.29) is 21.9 Å². The second-order valence-electron chi connectivity index (χ2n) is 7.00. The molecule has 1 amide bonds. The molecule has 0 aliphatic carbocycles. The first kappa shape index (κ1) is 22.1. The minimum Gasteiger partial charge on any atom is -0.324 e. The summed E-state index contributed by atoms with van der Waals surface area (Å²) in [6, 6.07) is 11.5. The first-order valence-corrected chi connectivity index (χ1v) is 11.5. The van der Waals surface area contributed by atoms with E-state index >= 15 is 0 Å². The molecule has 1 atom stereocenters. The number of carbonyl (C=O) groups excluding carboxylic acids is 1. The van der Waals surface area contributed by atoms with Crippen LogP contribution in [0, 0.1) is 6.92 Å². The van der Waals surface area contributed by atoms with Crippen LogP contribution < -0.4 is 5.32 Å². The van der Waals surface area contributed by atoms with Crippen LogP contribution >= 0.6 is 23.2 Å². The number of piperazine rings is 1. The Bertz CT molecular complexity index is 1010. The zero-order valence-electron chi connectivity index (χ0n) is 16.2. The number of anilines is 1. The van der Waals surface area contributed by atoms with Gasteiger partial charge in [0.15, 0.2) is 0 Å². The van der Waals surface area contributed by atoms with Gasteiger partial charge in [-0.1, -0.05) is 41.4 Å². The Labute approximate surface area is 181 Å². The molecule has 1 aliphatic rings. The number of nitrogens with one attached hydrogen (secondary N) is 1. The lowest BCUT2D eigenvalue weighted by atomic mass is 10.2. The molecule has 0 saturated carbocycles. The van der Waals surface area contributed by atoms with Gasteiger partial charge in [-0.15, -0.1) is 0 Å². The van der Waals surface area contributed by atoms with E-state index in [1.54, 1.807) is 0 Å². The Morgan fingerprint density at radius 3 is 2.31 bits per heavy atom. The summed E-state index contributed by atoms with van der Waals surface area (Å²) >= 11 is 11.9. The summed E-state index contributed by atoms with van der Waals surface area (Å²) in [6.07, 6.45) is 0.